The van der Waals surface area contributed by atoms with E-state index in [9.17, 15) is 24.5 Å². The lowest BCUT2D eigenvalue weighted by Crippen LogP contribution is -2.67. The van der Waals surface area contributed by atoms with E-state index in [0.717, 1.165) is 56.4 Å². The van der Waals surface area contributed by atoms with Crippen LogP contribution < -0.4 is 16.0 Å². The molecule has 0 aromatic heterocycles. The van der Waals surface area contributed by atoms with Crippen LogP contribution in [0, 0.1) is 10.1 Å². The van der Waals surface area contributed by atoms with Crippen LogP contribution in [0.5, 0.6) is 0 Å². The lowest BCUT2D eigenvalue weighted by atomic mass is 9.93. The second kappa shape index (κ2) is 13.9. The predicted octanol–water partition coefficient (Wildman–Crippen LogP) is 4.74. The largest absolute Gasteiger partial charge is 0.364 e. The van der Waals surface area contributed by atoms with Gasteiger partial charge >= 0.3 is 11.9 Å². The standard InChI is InChI=1S/C33H42ClN7O5/c34-24-8-9-30(40(45)46)28(20-24)36-29(32(43)41(18-4-1-5-19-41)26-10-14-35-15-11-26)21-31(42)38-16-12-25(13-17-38)39-22-23-6-2-3-7-27(23)37-33(39)44/h2-3,6-9,20,25-26,29,35-36H,1,4-5,10-19,21-22H2/p+1. The molecule has 3 N–H and O–H groups in total. The summed E-state index contributed by atoms with van der Waals surface area (Å²) < 4.78 is 0.300. The zero-order valence-electron chi connectivity index (χ0n) is 26.1. The van der Waals surface area contributed by atoms with Crippen molar-refractivity contribution in [1.29, 1.82) is 0 Å². The average molecular weight is 653 g/mol. The molecule has 2 aromatic rings. The summed E-state index contributed by atoms with van der Waals surface area (Å²) in [7, 11) is 0. The van der Waals surface area contributed by atoms with Crippen molar-refractivity contribution in [3.63, 3.8) is 0 Å². The Bertz CT molecular complexity index is 1470. The highest BCUT2D eigenvalue weighted by Crippen LogP contribution is 2.34. The van der Waals surface area contributed by atoms with Gasteiger partial charge in [-0.2, -0.15) is 0 Å². The maximum Gasteiger partial charge on any atom is 0.336 e. The van der Waals surface area contributed by atoms with Gasteiger partial charge in [-0.25, -0.2) is 9.59 Å². The van der Waals surface area contributed by atoms with Gasteiger partial charge < -0.3 is 25.8 Å². The van der Waals surface area contributed by atoms with Crippen molar-refractivity contribution in [3.05, 3.63) is 63.2 Å². The minimum atomic E-state index is -0.959. The maximum absolute atomic E-state index is 14.8. The first-order valence-electron chi connectivity index (χ1n) is 16.5. The van der Waals surface area contributed by atoms with Crippen molar-refractivity contribution in [2.24, 2.45) is 0 Å². The molecule has 2 aromatic carbocycles. The molecule has 1 atom stereocenters. The van der Waals surface area contributed by atoms with E-state index in [1.54, 1.807) is 4.90 Å². The third-order valence-corrected chi connectivity index (χ3v) is 10.6. The normalized spacial score (nSPS) is 21.2. The van der Waals surface area contributed by atoms with Crippen LogP contribution in [0.4, 0.5) is 21.9 Å². The van der Waals surface area contributed by atoms with Crippen LogP contribution in [0.15, 0.2) is 42.5 Å². The number of carbonyl (C=O) groups is 3. The van der Waals surface area contributed by atoms with Gasteiger partial charge in [-0.3, -0.25) is 19.4 Å². The Morgan fingerprint density at radius 1 is 1.04 bits per heavy atom. The van der Waals surface area contributed by atoms with Gasteiger partial charge in [0.05, 0.1) is 30.5 Å². The molecule has 6 rings (SSSR count). The Labute approximate surface area is 274 Å². The highest BCUT2D eigenvalue weighted by molar-refractivity contribution is 6.31. The molecule has 0 radical (unpaired) electrons. The summed E-state index contributed by atoms with van der Waals surface area (Å²) in [5.41, 5.74) is 1.84. The Balaban J connectivity index is 1.20. The molecular weight excluding hydrogens is 610 g/mol. The minimum Gasteiger partial charge on any atom is -0.364 e. The number of likely N-dealkylation sites (tertiary alicyclic amines) is 2. The molecule has 4 amide bonds. The fourth-order valence-electron chi connectivity index (χ4n) is 7.87. The number of nitro groups is 1. The number of urea groups is 1. The number of nitro benzene ring substituents is 1. The zero-order chi connectivity index (χ0) is 32.3. The first-order chi connectivity index (χ1) is 22.2. The first-order valence-corrected chi connectivity index (χ1v) is 16.9. The molecular formula is C33H43ClN7O5+. The van der Waals surface area contributed by atoms with E-state index in [1.807, 2.05) is 29.2 Å². The maximum atomic E-state index is 14.8. The van der Waals surface area contributed by atoms with Crippen LogP contribution in [-0.2, 0) is 16.1 Å². The summed E-state index contributed by atoms with van der Waals surface area (Å²) in [4.78, 5) is 56.7. The number of carbonyl (C=O) groups excluding carboxylic acids is 3. The predicted molar refractivity (Wildman–Crippen MR) is 175 cm³/mol. The quantitative estimate of drug-likeness (QED) is 0.213. The molecule has 3 saturated heterocycles. The fraction of sp³-hybridized carbons (Fsp3) is 0.545. The lowest BCUT2D eigenvalue weighted by Gasteiger charge is -2.47. The molecule has 0 aliphatic carbocycles. The second-order valence-corrected chi connectivity index (χ2v) is 13.4. The zero-order valence-corrected chi connectivity index (χ0v) is 26.8. The summed E-state index contributed by atoms with van der Waals surface area (Å²) in [6.07, 6.45) is 5.79. The SMILES string of the molecule is O=C(CC(Nc1cc(Cl)ccc1[N+](=O)[O-])C(=O)[N+]1(C2CCNCC2)CCCCC1)N1CCC(N2Cc3ccccc3NC2=O)CC1. The van der Waals surface area contributed by atoms with Crippen LogP contribution in [0.25, 0.3) is 0 Å². The van der Waals surface area contributed by atoms with E-state index in [2.05, 4.69) is 16.0 Å². The number of quaternary nitrogens is 1. The van der Waals surface area contributed by atoms with Gasteiger partial charge in [0, 0.05) is 68.4 Å². The van der Waals surface area contributed by atoms with Crippen LogP contribution in [-0.4, -0.2) is 94.4 Å². The van der Waals surface area contributed by atoms with Gasteiger partial charge in [-0.05, 0) is 55.9 Å². The number of nitrogens with zero attached hydrogens (tertiary/aromatic N) is 4. The van der Waals surface area contributed by atoms with Gasteiger partial charge in [0.25, 0.3) is 5.69 Å². The number of halogens is 1. The molecule has 0 spiro atoms. The molecule has 4 heterocycles. The van der Waals surface area contributed by atoms with Crippen LogP contribution >= 0.6 is 11.6 Å². The second-order valence-electron chi connectivity index (χ2n) is 13.0. The Kier molecular flexibility index (Phi) is 9.76. The van der Waals surface area contributed by atoms with Crippen LogP contribution in [0.3, 0.4) is 0 Å². The Morgan fingerprint density at radius 3 is 2.48 bits per heavy atom. The summed E-state index contributed by atoms with van der Waals surface area (Å²) in [5, 5.41) is 21.8. The fourth-order valence-corrected chi connectivity index (χ4v) is 8.04. The van der Waals surface area contributed by atoms with Gasteiger partial charge in [-0.15, -0.1) is 0 Å². The molecule has 246 valence electrons. The summed E-state index contributed by atoms with van der Waals surface area (Å²) in [5.74, 6) is -0.254. The van der Waals surface area contributed by atoms with E-state index in [0.29, 0.717) is 55.1 Å². The Morgan fingerprint density at radius 2 is 1.76 bits per heavy atom. The number of hydrogen-bond donors (Lipinski definition) is 3. The average Bonchev–Trinajstić information content (AvgIpc) is 3.08. The number of benzene rings is 2. The van der Waals surface area contributed by atoms with Crippen LogP contribution in [0.2, 0.25) is 5.02 Å². The summed E-state index contributed by atoms with van der Waals surface area (Å²) in [6.45, 7) is 4.54. The molecule has 3 fully saturated rings. The third kappa shape index (κ3) is 6.70. The Hall–Kier alpha value is -3.74. The molecule has 4 aliphatic heterocycles. The van der Waals surface area contributed by atoms with Gasteiger partial charge in [-0.1, -0.05) is 29.8 Å². The minimum absolute atomic E-state index is 0.0100. The number of nitrogens with one attached hydrogen (secondary N) is 3. The highest BCUT2D eigenvalue weighted by Gasteiger charge is 2.49. The smallest absolute Gasteiger partial charge is 0.336 e. The lowest BCUT2D eigenvalue weighted by molar-refractivity contribution is -0.885. The van der Waals surface area contributed by atoms with Crippen molar-refractivity contribution in [2.45, 2.75) is 76.0 Å². The van der Waals surface area contributed by atoms with Crippen LogP contribution in [0.1, 0.15) is 56.9 Å². The highest BCUT2D eigenvalue weighted by atomic mass is 35.5. The first kappa shape index (κ1) is 32.2. The summed E-state index contributed by atoms with van der Waals surface area (Å²) >= 11 is 6.26. The molecule has 0 bridgehead atoms. The third-order valence-electron chi connectivity index (χ3n) is 10.3. The number of para-hydroxylation sites is 1. The monoisotopic (exact) mass is 652 g/mol. The molecule has 13 heteroatoms. The van der Waals surface area contributed by atoms with Gasteiger partial charge in [0.15, 0.2) is 6.04 Å². The molecule has 0 saturated carbocycles. The number of rotatable bonds is 8. The van der Waals surface area contributed by atoms with Crippen molar-refractivity contribution < 1.29 is 23.8 Å². The van der Waals surface area contributed by atoms with Crippen molar-refractivity contribution >= 4 is 46.5 Å². The number of hydrogen-bond acceptors (Lipinski definition) is 7. The molecule has 12 nitrogen and oxygen atoms in total. The van der Waals surface area contributed by atoms with E-state index in [4.69, 9.17) is 11.6 Å². The van der Waals surface area contributed by atoms with E-state index < -0.39 is 11.0 Å². The number of amides is 4. The topological polar surface area (TPSA) is 137 Å². The number of piperidine rings is 3. The van der Waals surface area contributed by atoms with Crippen molar-refractivity contribution in [3.8, 4) is 0 Å². The molecule has 4 aliphatic rings. The van der Waals surface area contributed by atoms with E-state index in [-0.39, 0.29) is 47.7 Å². The van der Waals surface area contributed by atoms with E-state index >= 15 is 0 Å². The summed E-state index contributed by atoms with van der Waals surface area (Å²) in [6, 6.07) is 11.0. The van der Waals surface area contributed by atoms with Gasteiger partial charge in [0.1, 0.15) is 5.69 Å². The molecule has 46 heavy (non-hydrogen) atoms. The van der Waals surface area contributed by atoms with Gasteiger partial charge in [0.2, 0.25) is 5.91 Å². The van der Waals surface area contributed by atoms with Crippen molar-refractivity contribution in [2.75, 3.05) is 49.9 Å². The van der Waals surface area contributed by atoms with E-state index in [1.165, 1.54) is 18.2 Å². The number of fused-ring (bicyclic) bond motifs is 1. The number of anilines is 2. The van der Waals surface area contributed by atoms with Crippen molar-refractivity contribution in [1.82, 2.24) is 15.1 Å². The molecule has 1 unspecified atom stereocenters.